The van der Waals surface area contributed by atoms with Crippen LogP contribution in [0.5, 0.6) is 11.5 Å². The minimum absolute atomic E-state index is 0.0406. The number of hydrogen-bond donors (Lipinski definition) is 3. The highest BCUT2D eigenvalue weighted by Gasteiger charge is 2.23. The van der Waals surface area contributed by atoms with Crippen molar-refractivity contribution >= 4 is 44.2 Å². The first-order valence-corrected chi connectivity index (χ1v) is 11.9. The number of nitrogens with zero attached hydrogens (tertiary/aromatic N) is 3. The summed E-state index contributed by atoms with van der Waals surface area (Å²) in [5.41, 5.74) is 8.06. The van der Waals surface area contributed by atoms with Gasteiger partial charge >= 0.3 is 0 Å². The molecule has 1 aliphatic rings. The fourth-order valence-electron chi connectivity index (χ4n) is 3.52. The van der Waals surface area contributed by atoms with Gasteiger partial charge in [0.15, 0.2) is 23.0 Å². The summed E-state index contributed by atoms with van der Waals surface area (Å²) in [6.45, 7) is 2.73. The molecule has 4 N–H and O–H groups in total. The van der Waals surface area contributed by atoms with E-state index in [4.69, 9.17) is 26.8 Å². The molecule has 0 saturated heterocycles. The molecule has 170 valence electrons. The number of sulfonamides is 1. The van der Waals surface area contributed by atoms with Gasteiger partial charge in [0.05, 0.1) is 29.3 Å². The fourth-order valence-corrected chi connectivity index (χ4v) is 5.11. The quantitative estimate of drug-likeness (QED) is 0.397. The van der Waals surface area contributed by atoms with Crippen molar-refractivity contribution in [1.29, 1.82) is 0 Å². The lowest BCUT2D eigenvalue weighted by Crippen LogP contribution is -2.14. The Morgan fingerprint density at radius 2 is 1.79 bits per heavy atom. The predicted molar refractivity (Wildman–Crippen MR) is 124 cm³/mol. The van der Waals surface area contributed by atoms with E-state index in [1.54, 1.807) is 24.3 Å². The Bertz CT molecular complexity index is 1470. The summed E-state index contributed by atoms with van der Waals surface area (Å²) in [4.78, 5) is 8.81. The van der Waals surface area contributed by atoms with Crippen molar-refractivity contribution < 1.29 is 17.9 Å². The first-order valence-electron chi connectivity index (χ1n) is 10.0. The van der Waals surface area contributed by atoms with E-state index in [0.29, 0.717) is 70.8 Å². The van der Waals surface area contributed by atoms with Gasteiger partial charge < -0.3 is 15.2 Å². The number of H-pyrrole nitrogens is 1. The molecule has 1 aliphatic heterocycles. The Hall–Kier alpha value is -3.57. The second kappa shape index (κ2) is 8.09. The van der Waals surface area contributed by atoms with Crippen LogP contribution in [0.4, 0.5) is 11.5 Å². The van der Waals surface area contributed by atoms with E-state index in [9.17, 15) is 8.42 Å². The minimum Gasteiger partial charge on any atom is -0.490 e. The third kappa shape index (κ3) is 4.00. The van der Waals surface area contributed by atoms with Crippen LogP contribution in [0.15, 0.2) is 41.3 Å². The van der Waals surface area contributed by atoms with E-state index in [-0.39, 0.29) is 9.92 Å². The largest absolute Gasteiger partial charge is 0.490 e. The smallest absolute Gasteiger partial charge is 0.263 e. The van der Waals surface area contributed by atoms with Crippen LogP contribution in [0.2, 0.25) is 5.02 Å². The van der Waals surface area contributed by atoms with Crippen molar-refractivity contribution in [3.63, 3.8) is 0 Å². The van der Waals surface area contributed by atoms with E-state index in [1.807, 2.05) is 6.92 Å². The topological polar surface area (TPSA) is 145 Å². The summed E-state index contributed by atoms with van der Waals surface area (Å²) in [5.74, 6) is 1.63. The van der Waals surface area contributed by atoms with Crippen LogP contribution in [0.25, 0.3) is 22.4 Å². The first kappa shape index (κ1) is 21.3. The molecule has 0 radical (unpaired) electrons. The van der Waals surface area contributed by atoms with E-state index in [1.165, 1.54) is 12.1 Å². The highest BCUT2D eigenvalue weighted by atomic mass is 35.5. The van der Waals surface area contributed by atoms with Crippen molar-refractivity contribution in [1.82, 2.24) is 20.2 Å². The average molecular weight is 487 g/mol. The molecule has 33 heavy (non-hydrogen) atoms. The number of ether oxygens (including phenoxy) is 2. The summed E-state index contributed by atoms with van der Waals surface area (Å²) in [6, 6.07) is 9.49. The Labute approximate surface area is 194 Å². The van der Waals surface area contributed by atoms with Gasteiger partial charge in [-0.1, -0.05) is 11.6 Å². The van der Waals surface area contributed by atoms with Crippen LogP contribution < -0.4 is 19.9 Å². The lowest BCUT2D eigenvalue weighted by Gasteiger charge is -2.13. The number of aryl methyl sites for hydroxylation is 1. The molecule has 2 aromatic carbocycles. The van der Waals surface area contributed by atoms with Gasteiger partial charge in [0.25, 0.3) is 10.0 Å². The predicted octanol–water partition coefficient (Wildman–Crippen LogP) is 3.53. The normalized spacial score (nSPS) is 13.6. The molecule has 3 heterocycles. The first-order chi connectivity index (χ1) is 15.8. The van der Waals surface area contributed by atoms with Crippen molar-refractivity contribution in [2.24, 2.45) is 0 Å². The third-order valence-corrected chi connectivity index (χ3v) is 6.96. The third-order valence-electron chi connectivity index (χ3n) is 5.11. The number of aromatic amines is 1. The molecule has 12 heteroatoms. The molecular weight excluding hydrogens is 468 g/mol. The number of anilines is 2. The van der Waals surface area contributed by atoms with Crippen LogP contribution in [0, 0.1) is 6.92 Å². The summed E-state index contributed by atoms with van der Waals surface area (Å²) in [5, 5.41) is 7.50. The van der Waals surface area contributed by atoms with Crippen LogP contribution in [0.1, 0.15) is 12.1 Å². The van der Waals surface area contributed by atoms with E-state index >= 15 is 0 Å². The van der Waals surface area contributed by atoms with Crippen LogP contribution >= 0.6 is 11.6 Å². The fraction of sp³-hybridized carbons (Fsp3) is 0.190. The van der Waals surface area contributed by atoms with Gasteiger partial charge in [-0.05, 0) is 31.2 Å². The molecule has 0 amide bonds. The monoisotopic (exact) mass is 486 g/mol. The standard InChI is InChI=1S/C21H19ClN6O4S/c1-11-18-19(23)26-27-21(18)25-20(24-11)12-3-5-13(6-4-12)28-33(29,30)17-10-16-15(9-14(17)22)31-7-2-8-32-16/h3-6,9-10,28H,2,7-8H2,1H3,(H3,23,24,25,26,27). The number of nitrogens with one attached hydrogen (secondary N) is 2. The van der Waals surface area contributed by atoms with Gasteiger partial charge in [-0.25, -0.2) is 18.4 Å². The van der Waals surface area contributed by atoms with Crippen molar-refractivity contribution in [2.45, 2.75) is 18.2 Å². The van der Waals surface area contributed by atoms with Gasteiger partial charge in [0, 0.05) is 29.8 Å². The SMILES string of the molecule is Cc1nc(-c2ccc(NS(=O)(=O)c3cc4c(cc3Cl)OCCCO4)cc2)nc2n[nH]c(N)c12. The maximum atomic E-state index is 13.0. The molecule has 5 rings (SSSR count). The van der Waals surface area contributed by atoms with Crippen LogP contribution in [-0.2, 0) is 10.0 Å². The Balaban J connectivity index is 1.42. The molecular formula is C21H19ClN6O4S. The van der Waals surface area contributed by atoms with Crippen molar-refractivity contribution in [3.8, 4) is 22.9 Å². The average Bonchev–Trinajstić information content (AvgIpc) is 3.00. The van der Waals surface area contributed by atoms with Crippen molar-refractivity contribution in [3.05, 3.63) is 47.1 Å². The van der Waals surface area contributed by atoms with E-state index in [0.717, 1.165) is 0 Å². The maximum Gasteiger partial charge on any atom is 0.263 e. The molecule has 2 aromatic heterocycles. The van der Waals surface area contributed by atoms with Crippen LogP contribution in [0.3, 0.4) is 0 Å². The highest BCUT2D eigenvalue weighted by molar-refractivity contribution is 7.92. The molecule has 0 atom stereocenters. The molecule has 0 saturated carbocycles. The molecule has 0 unspecified atom stereocenters. The van der Waals surface area contributed by atoms with Crippen molar-refractivity contribution in [2.75, 3.05) is 23.7 Å². The number of hydrogen-bond acceptors (Lipinski definition) is 8. The number of halogens is 1. The Morgan fingerprint density at radius 1 is 1.09 bits per heavy atom. The van der Waals surface area contributed by atoms with Crippen LogP contribution in [-0.4, -0.2) is 41.8 Å². The van der Waals surface area contributed by atoms with E-state index in [2.05, 4.69) is 24.9 Å². The molecule has 0 spiro atoms. The molecule has 4 aromatic rings. The zero-order valence-corrected chi connectivity index (χ0v) is 19.0. The number of nitrogens with two attached hydrogens (primary N) is 1. The Morgan fingerprint density at radius 3 is 2.52 bits per heavy atom. The Kier molecular flexibility index (Phi) is 5.22. The van der Waals surface area contributed by atoms with Gasteiger partial charge in [0.1, 0.15) is 10.7 Å². The molecule has 0 fully saturated rings. The number of aromatic nitrogens is 4. The summed E-state index contributed by atoms with van der Waals surface area (Å²) in [6.07, 6.45) is 0.697. The molecule has 0 bridgehead atoms. The lowest BCUT2D eigenvalue weighted by molar-refractivity contribution is 0.297. The number of benzene rings is 2. The van der Waals surface area contributed by atoms with Gasteiger partial charge in [-0.2, -0.15) is 5.10 Å². The minimum atomic E-state index is -3.98. The highest BCUT2D eigenvalue weighted by Crippen LogP contribution is 2.37. The lowest BCUT2D eigenvalue weighted by atomic mass is 10.2. The van der Waals surface area contributed by atoms with Gasteiger partial charge in [-0.15, -0.1) is 0 Å². The number of rotatable bonds is 4. The summed E-state index contributed by atoms with van der Waals surface area (Å²) >= 11 is 6.25. The number of fused-ring (bicyclic) bond motifs is 2. The second-order valence-electron chi connectivity index (χ2n) is 7.43. The van der Waals surface area contributed by atoms with Gasteiger partial charge in [0.2, 0.25) is 0 Å². The molecule has 0 aliphatic carbocycles. The second-order valence-corrected chi connectivity index (χ2v) is 9.49. The zero-order chi connectivity index (χ0) is 23.2. The summed E-state index contributed by atoms with van der Waals surface area (Å²) in [7, 11) is -3.98. The number of nitrogen functional groups attached to an aromatic ring is 1. The molecule has 10 nitrogen and oxygen atoms in total. The summed E-state index contributed by atoms with van der Waals surface area (Å²) < 4.78 is 39.7. The van der Waals surface area contributed by atoms with E-state index < -0.39 is 10.0 Å². The zero-order valence-electron chi connectivity index (χ0n) is 17.4. The van der Waals surface area contributed by atoms with Gasteiger partial charge in [-0.3, -0.25) is 9.82 Å². The maximum absolute atomic E-state index is 13.0.